The smallest absolute Gasteiger partial charge is 0.134 e. The van der Waals surface area contributed by atoms with Crippen LogP contribution in [0.3, 0.4) is 0 Å². The van der Waals surface area contributed by atoms with Gasteiger partial charge in [-0.1, -0.05) is 76.6 Å². The third-order valence-corrected chi connectivity index (χ3v) is 5.12. The van der Waals surface area contributed by atoms with Crippen LogP contribution in [-0.2, 0) is 6.61 Å². The van der Waals surface area contributed by atoms with Gasteiger partial charge in [0.1, 0.15) is 24.0 Å². The summed E-state index contributed by atoms with van der Waals surface area (Å²) in [6, 6.07) is 26.7. The molecule has 4 heteroatoms. The van der Waals surface area contributed by atoms with Crippen molar-refractivity contribution in [1.29, 1.82) is 0 Å². The predicted octanol–water partition coefficient (Wildman–Crippen LogP) is 7.64. The maximum Gasteiger partial charge on any atom is 0.134 e. The molecule has 1 nitrogen and oxygen atoms in total. The maximum atomic E-state index is 14.6. The highest BCUT2D eigenvalue weighted by molar-refractivity contribution is 9.10. The van der Waals surface area contributed by atoms with Crippen molar-refractivity contribution >= 4 is 15.9 Å². The molecule has 0 bridgehead atoms. The number of halogens is 3. The summed E-state index contributed by atoms with van der Waals surface area (Å²) in [5.74, 6) is -0.194. The monoisotopic (exact) mass is 450 g/mol. The van der Waals surface area contributed by atoms with Gasteiger partial charge >= 0.3 is 0 Å². The van der Waals surface area contributed by atoms with Crippen LogP contribution in [0.5, 0.6) is 5.75 Å². The Morgan fingerprint density at radius 2 is 1.24 bits per heavy atom. The summed E-state index contributed by atoms with van der Waals surface area (Å²) >= 11 is 3.26. The molecule has 4 aromatic carbocycles. The van der Waals surface area contributed by atoms with E-state index in [-0.39, 0.29) is 11.6 Å². The average molecular weight is 451 g/mol. The van der Waals surface area contributed by atoms with Crippen molar-refractivity contribution in [3.63, 3.8) is 0 Å². The Bertz CT molecular complexity index is 1130. The van der Waals surface area contributed by atoms with Crippen molar-refractivity contribution in [2.45, 2.75) is 6.61 Å². The summed E-state index contributed by atoms with van der Waals surface area (Å²) in [6.45, 7) is 0.382. The molecule has 4 rings (SSSR count). The number of hydrogen-bond acceptors (Lipinski definition) is 1. The van der Waals surface area contributed by atoms with Crippen molar-refractivity contribution in [1.82, 2.24) is 0 Å². The van der Waals surface area contributed by atoms with Crippen LogP contribution < -0.4 is 4.74 Å². The van der Waals surface area contributed by atoms with E-state index in [0.717, 1.165) is 16.7 Å². The van der Waals surface area contributed by atoms with Gasteiger partial charge in [-0.25, -0.2) is 8.78 Å². The molecule has 0 amide bonds. The largest absolute Gasteiger partial charge is 0.489 e. The lowest BCUT2D eigenvalue weighted by Gasteiger charge is -2.10. The minimum Gasteiger partial charge on any atom is -0.489 e. The first kappa shape index (κ1) is 19.3. The van der Waals surface area contributed by atoms with E-state index < -0.39 is 0 Å². The molecule has 4 aromatic rings. The highest BCUT2D eigenvalue weighted by Crippen LogP contribution is 2.30. The minimum absolute atomic E-state index is 0.307. The summed E-state index contributed by atoms with van der Waals surface area (Å²) in [4.78, 5) is 0. The van der Waals surface area contributed by atoms with Gasteiger partial charge in [-0.15, -0.1) is 0 Å². The predicted molar refractivity (Wildman–Crippen MR) is 116 cm³/mol. The second-order valence-corrected chi connectivity index (χ2v) is 7.53. The summed E-state index contributed by atoms with van der Waals surface area (Å²) in [7, 11) is 0. The van der Waals surface area contributed by atoms with Crippen molar-refractivity contribution in [3.8, 4) is 28.0 Å². The van der Waals surface area contributed by atoms with E-state index in [0.29, 0.717) is 28.0 Å². The lowest BCUT2D eigenvalue weighted by atomic mass is 9.99. The summed E-state index contributed by atoms with van der Waals surface area (Å²) in [5, 5.41) is 0. The van der Waals surface area contributed by atoms with Crippen LogP contribution in [0.4, 0.5) is 8.78 Å². The summed E-state index contributed by atoms with van der Waals surface area (Å²) < 4.78 is 35.2. The summed E-state index contributed by atoms with van der Waals surface area (Å²) in [6.07, 6.45) is 0. The molecule has 29 heavy (non-hydrogen) atoms. The zero-order chi connectivity index (χ0) is 20.2. The third kappa shape index (κ3) is 4.54. The van der Waals surface area contributed by atoms with E-state index in [4.69, 9.17) is 4.74 Å². The van der Waals surface area contributed by atoms with Crippen molar-refractivity contribution in [3.05, 3.63) is 113 Å². The van der Waals surface area contributed by atoms with Crippen LogP contribution in [0.25, 0.3) is 22.3 Å². The van der Waals surface area contributed by atoms with Crippen LogP contribution >= 0.6 is 15.9 Å². The summed E-state index contributed by atoms with van der Waals surface area (Å²) in [5.41, 5.74) is 3.46. The van der Waals surface area contributed by atoms with Gasteiger partial charge in [-0.2, -0.15) is 0 Å². The van der Waals surface area contributed by atoms with Gasteiger partial charge in [-0.3, -0.25) is 0 Å². The number of ether oxygens (including phenoxy) is 1. The van der Waals surface area contributed by atoms with E-state index in [9.17, 15) is 8.78 Å². The van der Waals surface area contributed by atoms with Gasteiger partial charge in [0.05, 0.1) is 0 Å². The van der Waals surface area contributed by atoms with E-state index in [2.05, 4.69) is 15.9 Å². The molecule has 0 saturated heterocycles. The first-order chi connectivity index (χ1) is 14.1. The molecule has 0 spiro atoms. The highest BCUT2D eigenvalue weighted by Gasteiger charge is 2.10. The van der Waals surface area contributed by atoms with Crippen LogP contribution in [-0.4, -0.2) is 0 Å². The van der Waals surface area contributed by atoms with E-state index in [1.165, 1.54) is 12.1 Å². The first-order valence-corrected chi connectivity index (χ1v) is 9.91. The van der Waals surface area contributed by atoms with Gasteiger partial charge in [0, 0.05) is 21.7 Å². The molecule has 0 aliphatic heterocycles. The molecule has 0 N–H and O–H groups in total. The quantitative estimate of drug-likeness (QED) is 0.303. The molecular formula is C25H17BrF2O. The fourth-order valence-electron chi connectivity index (χ4n) is 3.11. The fraction of sp³-hybridized carbons (Fsp3) is 0.0400. The highest BCUT2D eigenvalue weighted by atomic mass is 79.9. The molecule has 0 saturated carbocycles. The van der Waals surface area contributed by atoms with Crippen LogP contribution in [0, 0.1) is 11.6 Å². The Labute approximate surface area is 176 Å². The lowest BCUT2D eigenvalue weighted by molar-refractivity contribution is 0.304. The van der Waals surface area contributed by atoms with Gasteiger partial charge in [0.25, 0.3) is 0 Å². The molecule has 0 aliphatic carbocycles. The lowest BCUT2D eigenvalue weighted by Crippen LogP contribution is -1.96. The Hall–Kier alpha value is -2.98. The first-order valence-electron chi connectivity index (χ1n) is 9.12. The molecule has 0 atom stereocenters. The van der Waals surface area contributed by atoms with E-state index >= 15 is 0 Å². The molecule has 0 unspecified atom stereocenters. The van der Waals surface area contributed by atoms with Gasteiger partial charge in [0.15, 0.2) is 0 Å². The Balaban J connectivity index is 1.52. The normalized spacial score (nSPS) is 10.7. The molecule has 144 valence electrons. The van der Waals surface area contributed by atoms with E-state index in [1.807, 2.05) is 30.3 Å². The average Bonchev–Trinajstić information content (AvgIpc) is 2.73. The van der Waals surface area contributed by atoms with Crippen LogP contribution in [0.1, 0.15) is 5.56 Å². The SMILES string of the molecule is Fc1cc(Br)ccc1-c1ccc(-c2ccc(OCc3ccccc3)cc2F)cc1. The van der Waals surface area contributed by atoms with Crippen LogP contribution in [0.15, 0.2) is 95.5 Å². The molecule has 0 heterocycles. The maximum absolute atomic E-state index is 14.6. The zero-order valence-electron chi connectivity index (χ0n) is 15.4. The molecular weight excluding hydrogens is 434 g/mol. The number of rotatable bonds is 5. The molecule has 0 aliphatic rings. The van der Waals surface area contributed by atoms with Gasteiger partial charge in [-0.05, 0) is 41.0 Å². The Morgan fingerprint density at radius 1 is 0.655 bits per heavy atom. The van der Waals surface area contributed by atoms with Crippen molar-refractivity contribution < 1.29 is 13.5 Å². The Kier molecular flexibility index (Phi) is 5.72. The molecule has 0 aromatic heterocycles. The number of benzene rings is 4. The van der Waals surface area contributed by atoms with Crippen LogP contribution in [0.2, 0.25) is 0 Å². The van der Waals surface area contributed by atoms with Gasteiger partial charge in [0.2, 0.25) is 0 Å². The molecule has 0 fully saturated rings. The Morgan fingerprint density at radius 3 is 1.83 bits per heavy atom. The van der Waals surface area contributed by atoms with Crippen molar-refractivity contribution in [2.24, 2.45) is 0 Å². The van der Waals surface area contributed by atoms with Crippen molar-refractivity contribution in [2.75, 3.05) is 0 Å². The second kappa shape index (κ2) is 8.58. The molecule has 0 radical (unpaired) electrons. The third-order valence-electron chi connectivity index (χ3n) is 4.63. The second-order valence-electron chi connectivity index (χ2n) is 6.62. The van der Waals surface area contributed by atoms with E-state index in [1.54, 1.807) is 48.5 Å². The fourth-order valence-corrected chi connectivity index (χ4v) is 3.45. The topological polar surface area (TPSA) is 9.23 Å². The standard InChI is InChI=1S/C25H17BrF2O/c26-20-10-12-22(24(27)14-20)18-6-8-19(9-7-18)23-13-11-21(15-25(23)28)29-16-17-4-2-1-3-5-17/h1-15H,16H2. The zero-order valence-corrected chi connectivity index (χ0v) is 17.0. The van der Waals surface area contributed by atoms with Gasteiger partial charge < -0.3 is 4.74 Å². The number of hydrogen-bond donors (Lipinski definition) is 0. The minimum atomic E-state index is -0.363.